The quantitative estimate of drug-likeness (QED) is 0.823. The zero-order valence-electron chi connectivity index (χ0n) is 13.4. The fourth-order valence-corrected chi connectivity index (χ4v) is 3.66. The Labute approximate surface area is 139 Å². The molecule has 0 bridgehead atoms. The molecule has 1 N–H and O–H groups in total. The average Bonchev–Trinajstić information content (AvgIpc) is 3.13. The summed E-state index contributed by atoms with van der Waals surface area (Å²) in [4.78, 5) is 39.8. The van der Waals surface area contributed by atoms with Crippen LogP contribution in [0.5, 0.6) is 5.75 Å². The van der Waals surface area contributed by atoms with Crippen molar-refractivity contribution >= 4 is 23.4 Å². The second-order valence-corrected chi connectivity index (χ2v) is 6.65. The van der Waals surface area contributed by atoms with E-state index >= 15 is 0 Å². The van der Waals surface area contributed by atoms with Crippen LogP contribution in [0, 0.1) is 18.8 Å². The predicted octanol–water partition coefficient (Wildman–Crippen LogP) is -0.0752. The third kappa shape index (κ3) is 2.40. The maximum Gasteiger partial charge on any atom is 0.265 e. The third-order valence-electron chi connectivity index (χ3n) is 5.02. The molecule has 3 aliphatic heterocycles. The molecule has 0 aliphatic carbocycles. The lowest BCUT2D eigenvalue weighted by Gasteiger charge is -2.30. The summed E-state index contributed by atoms with van der Waals surface area (Å²) in [6.45, 7) is 3.50. The molecule has 1 aromatic carbocycles. The van der Waals surface area contributed by atoms with E-state index in [1.54, 1.807) is 4.90 Å². The first-order chi connectivity index (χ1) is 11.5. The van der Waals surface area contributed by atoms with Crippen LogP contribution >= 0.6 is 0 Å². The van der Waals surface area contributed by atoms with E-state index in [1.807, 2.05) is 25.1 Å². The monoisotopic (exact) mass is 329 g/mol. The van der Waals surface area contributed by atoms with Gasteiger partial charge in [0.25, 0.3) is 5.91 Å². The van der Waals surface area contributed by atoms with Crippen molar-refractivity contribution in [3.05, 3.63) is 23.8 Å². The second kappa shape index (κ2) is 5.51. The molecule has 0 aromatic heterocycles. The minimum Gasteiger partial charge on any atom is -0.482 e. The number of hydrogen-bond donors (Lipinski definition) is 1. The fraction of sp³-hybridized carbons (Fsp3) is 0.471. The molecule has 0 saturated carbocycles. The minimum absolute atomic E-state index is 0.0142. The first-order valence-corrected chi connectivity index (χ1v) is 8.12. The Balaban J connectivity index is 1.51. The highest BCUT2D eigenvalue weighted by Crippen LogP contribution is 2.33. The van der Waals surface area contributed by atoms with Gasteiger partial charge < -0.3 is 15.0 Å². The highest BCUT2D eigenvalue weighted by Gasteiger charge is 2.44. The second-order valence-electron chi connectivity index (χ2n) is 6.65. The number of anilines is 1. The van der Waals surface area contributed by atoms with E-state index in [4.69, 9.17) is 4.74 Å². The highest BCUT2D eigenvalue weighted by atomic mass is 16.5. The van der Waals surface area contributed by atoms with Gasteiger partial charge in [0.15, 0.2) is 6.61 Å². The average molecular weight is 329 g/mol. The number of nitrogens with one attached hydrogen (secondary N) is 1. The van der Waals surface area contributed by atoms with Gasteiger partial charge in [-0.1, -0.05) is 6.07 Å². The third-order valence-corrected chi connectivity index (χ3v) is 5.02. The van der Waals surface area contributed by atoms with E-state index in [2.05, 4.69) is 5.32 Å². The Bertz CT molecular complexity index is 733. The van der Waals surface area contributed by atoms with Crippen molar-refractivity contribution in [2.24, 2.45) is 11.8 Å². The molecule has 126 valence electrons. The first kappa shape index (κ1) is 15.0. The van der Waals surface area contributed by atoms with Gasteiger partial charge in [0.05, 0.1) is 11.6 Å². The summed E-state index contributed by atoms with van der Waals surface area (Å²) < 4.78 is 5.43. The molecule has 3 aliphatic rings. The molecule has 7 nitrogen and oxygen atoms in total. The number of nitrogens with zero attached hydrogens (tertiary/aromatic N) is 2. The van der Waals surface area contributed by atoms with Crippen LogP contribution in [-0.4, -0.2) is 55.4 Å². The molecule has 2 atom stereocenters. The lowest BCUT2D eigenvalue weighted by Crippen LogP contribution is -2.46. The molecule has 7 heteroatoms. The lowest BCUT2D eigenvalue weighted by atomic mass is 10.0. The fourth-order valence-electron chi connectivity index (χ4n) is 3.66. The van der Waals surface area contributed by atoms with Gasteiger partial charge in [0, 0.05) is 25.6 Å². The van der Waals surface area contributed by atoms with Crippen molar-refractivity contribution in [1.29, 1.82) is 0 Å². The minimum atomic E-state index is -0.224. The number of fused-ring (bicyclic) bond motifs is 2. The van der Waals surface area contributed by atoms with Gasteiger partial charge in [-0.15, -0.1) is 0 Å². The van der Waals surface area contributed by atoms with Crippen LogP contribution in [0.2, 0.25) is 0 Å². The number of aryl methyl sites for hydroxylation is 1. The molecular weight excluding hydrogens is 310 g/mol. The van der Waals surface area contributed by atoms with Gasteiger partial charge in [-0.3, -0.25) is 19.3 Å². The molecule has 3 amide bonds. The van der Waals surface area contributed by atoms with Crippen molar-refractivity contribution in [2.45, 2.75) is 6.92 Å². The number of likely N-dealkylation sites (tertiary alicyclic amines) is 1. The van der Waals surface area contributed by atoms with Crippen LogP contribution in [0.4, 0.5) is 5.69 Å². The van der Waals surface area contributed by atoms with Crippen molar-refractivity contribution in [3.8, 4) is 5.75 Å². The van der Waals surface area contributed by atoms with E-state index in [-0.39, 0.29) is 42.7 Å². The number of hydrogen-bond acceptors (Lipinski definition) is 4. The Kier molecular flexibility index (Phi) is 3.44. The van der Waals surface area contributed by atoms with E-state index in [0.717, 1.165) is 5.56 Å². The molecule has 0 unspecified atom stereocenters. The predicted molar refractivity (Wildman–Crippen MR) is 85.6 cm³/mol. The molecule has 4 rings (SSSR count). The molecule has 1 aromatic rings. The van der Waals surface area contributed by atoms with Gasteiger partial charge in [-0.2, -0.15) is 0 Å². The van der Waals surface area contributed by atoms with Crippen molar-refractivity contribution < 1.29 is 19.1 Å². The normalized spacial score (nSPS) is 25.2. The zero-order chi connectivity index (χ0) is 16.8. The van der Waals surface area contributed by atoms with Gasteiger partial charge >= 0.3 is 0 Å². The molecule has 3 heterocycles. The highest BCUT2D eigenvalue weighted by molar-refractivity contribution is 6.02. The van der Waals surface area contributed by atoms with E-state index < -0.39 is 0 Å². The summed E-state index contributed by atoms with van der Waals surface area (Å²) in [5.41, 5.74) is 1.63. The molecule has 24 heavy (non-hydrogen) atoms. The van der Waals surface area contributed by atoms with E-state index in [0.29, 0.717) is 31.1 Å². The maximum atomic E-state index is 12.7. The zero-order valence-corrected chi connectivity index (χ0v) is 13.4. The summed E-state index contributed by atoms with van der Waals surface area (Å²) >= 11 is 0. The summed E-state index contributed by atoms with van der Waals surface area (Å²) in [6.07, 6.45) is 0. The van der Waals surface area contributed by atoms with Crippen LogP contribution in [0.3, 0.4) is 0 Å². The number of carbonyl (C=O) groups is 3. The number of ether oxygens (including phenoxy) is 1. The largest absolute Gasteiger partial charge is 0.482 e. The van der Waals surface area contributed by atoms with E-state index in [1.165, 1.54) is 4.90 Å². The van der Waals surface area contributed by atoms with Gasteiger partial charge in [0.2, 0.25) is 11.8 Å². The van der Waals surface area contributed by atoms with Crippen LogP contribution in [0.15, 0.2) is 18.2 Å². The summed E-state index contributed by atoms with van der Waals surface area (Å²) in [5.74, 6) is 0.378. The maximum absolute atomic E-state index is 12.7. The Morgan fingerprint density at radius 3 is 2.96 bits per heavy atom. The lowest BCUT2D eigenvalue weighted by molar-refractivity contribution is -0.131. The number of benzene rings is 1. The van der Waals surface area contributed by atoms with Crippen LogP contribution < -0.4 is 15.0 Å². The van der Waals surface area contributed by atoms with Crippen molar-refractivity contribution in [2.75, 3.05) is 37.7 Å². The Hall–Kier alpha value is -2.57. The standard InChI is InChI=1S/C17H19N3O4/c1-10-2-3-14-13(4-10)20(16(22)9-24-14)8-15(21)19-6-11-5-18-17(23)12(11)7-19/h2-4,11-12H,5-9H2,1H3,(H,18,23)/t11-,12+/m0/s1. The molecule has 0 spiro atoms. The Morgan fingerprint density at radius 2 is 2.17 bits per heavy atom. The SMILES string of the molecule is Cc1ccc2c(c1)N(CC(=O)N1C[C@@H]3CNC(=O)[C@@H]3C1)C(=O)CO2. The molecule has 0 radical (unpaired) electrons. The summed E-state index contributed by atoms with van der Waals surface area (Å²) in [5, 5.41) is 2.83. The molecular formula is C17H19N3O4. The molecule has 2 fully saturated rings. The van der Waals surface area contributed by atoms with Crippen LogP contribution in [0.25, 0.3) is 0 Å². The van der Waals surface area contributed by atoms with Gasteiger partial charge in [-0.25, -0.2) is 0 Å². The van der Waals surface area contributed by atoms with Crippen molar-refractivity contribution in [3.63, 3.8) is 0 Å². The summed E-state index contributed by atoms with van der Waals surface area (Å²) in [6, 6.07) is 5.58. The smallest absolute Gasteiger partial charge is 0.265 e. The van der Waals surface area contributed by atoms with Crippen LogP contribution in [-0.2, 0) is 14.4 Å². The number of rotatable bonds is 2. The molecule has 2 saturated heterocycles. The van der Waals surface area contributed by atoms with Gasteiger partial charge in [0.1, 0.15) is 12.3 Å². The summed E-state index contributed by atoms with van der Waals surface area (Å²) in [7, 11) is 0. The number of carbonyl (C=O) groups excluding carboxylic acids is 3. The first-order valence-electron chi connectivity index (χ1n) is 8.12. The van der Waals surface area contributed by atoms with Crippen molar-refractivity contribution in [1.82, 2.24) is 10.2 Å². The Morgan fingerprint density at radius 1 is 1.33 bits per heavy atom. The van der Waals surface area contributed by atoms with E-state index in [9.17, 15) is 14.4 Å². The van der Waals surface area contributed by atoms with Gasteiger partial charge in [-0.05, 0) is 24.6 Å². The van der Waals surface area contributed by atoms with Crippen LogP contribution in [0.1, 0.15) is 5.56 Å². The topological polar surface area (TPSA) is 79.0 Å². The number of amides is 3.